The van der Waals surface area contributed by atoms with Gasteiger partial charge in [0.05, 0.1) is 5.69 Å². The molecule has 3 heterocycles. The van der Waals surface area contributed by atoms with Gasteiger partial charge in [-0.25, -0.2) is 4.98 Å². The van der Waals surface area contributed by atoms with Gasteiger partial charge in [0.2, 0.25) is 0 Å². The average molecular weight is 785 g/mol. The van der Waals surface area contributed by atoms with Gasteiger partial charge in [-0.1, -0.05) is 102 Å². The number of imidazole rings is 1. The van der Waals surface area contributed by atoms with Crippen LogP contribution in [-0.2, 0) is 38.9 Å². The molecule has 0 saturated carbocycles. The Labute approximate surface area is 287 Å². The second-order valence-corrected chi connectivity index (χ2v) is 13.5. The predicted octanol–water partition coefficient (Wildman–Crippen LogP) is 10.6. The Hall–Kier alpha value is -4.34. The molecule has 6 aromatic rings. The van der Waals surface area contributed by atoms with Crippen LogP contribution in [0.4, 0.5) is 11.5 Å². The zero-order chi connectivity index (χ0) is 31.8. The van der Waals surface area contributed by atoms with Crippen LogP contribution in [0, 0.1) is 6.07 Å². The molecule has 234 valence electrons. The smallest absolute Gasteiger partial charge is 0.441 e. The van der Waals surface area contributed by atoms with Gasteiger partial charge < -0.3 is 14.9 Å². The van der Waals surface area contributed by atoms with E-state index in [-0.39, 0.29) is 31.9 Å². The Morgan fingerprint density at radius 1 is 0.674 bits per heavy atom. The summed E-state index contributed by atoms with van der Waals surface area (Å²) in [5.41, 5.74) is 9.62. The zero-order valence-electron chi connectivity index (χ0n) is 27.4. The number of benzene rings is 3. The monoisotopic (exact) mass is 784 g/mol. The third-order valence-corrected chi connectivity index (χ3v) is 8.07. The minimum Gasteiger partial charge on any atom is -0.441 e. The third kappa shape index (κ3) is 6.90. The Kier molecular flexibility index (Phi) is 9.46. The Morgan fingerprint density at radius 2 is 1.41 bits per heavy atom. The van der Waals surface area contributed by atoms with Crippen molar-refractivity contribution in [3.05, 3.63) is 132 Å². The van der Waals surface area contributed by atoms with E-state index in [1.807, 2.05) is 73.1 Å². The summed E-state index contributed by atoms with van der Waals surface area (Å²) in [6.45, 7) is 13.3. The fourth-order valence-corrected chi connectivity index (χ4v) is 5.56. The van der Waals surface area contributed by atoms with Crippen molar-refractivity contribution in [2.24, 2.45) is 7.05 Å². The third-order valence-electron chi connectivity index (χ3n) is 8.07. The molecule has 0 atom stereocenters. The van der Waals surface area contributed by atoms with Crippen LogP contribution < -0.4 is 0 Å². The molecule has 6 heteroatoms. The molecule has 46 heavy (non-hydrogen) atoms. The maximum atomic E-state index is 5.25. The van der Waals surface area contributed by atoms with Gasteiger partial charge in [-0.2, -0.15) is 0 Å². The largest absolute Gasteiger partial charge is 2.00 e. The van der Waals surface area contributed by atoms with Crippen molar-refractivity contribution in [2.45, 2.75) is 52.4 Å². The fraction of sp³-hybridized carbons (Fsp3) is 0.225. The van der Waals surface area contributed by atoms with E-state index in [0.717, 1.165) is 56.4 Å². The van der Waals surface area contributed by atoms with E-state index in [2.05, 4.69) is 95.6 Å². The van der Waals surface area contributed by atoms with E-state index in [4.69, 9.17) is 20.3 Å². The summed E-state index contributed by atoms with van der Waals surface area (Å²) in [5.74, 6) is 1.48. The van der Waals surface area contributed by atoms with Gasteiger partial charge in [0.15, 0.2) is 0 Å². The van der Waals surface area contributed by atoms with Crippen molar-refractivity contribution in [3.8, 4) is 45.0 Å². The first kappa shape index (κ1) is 33.0. The molecule has 0 aliphatic heterocycles. The van der Waals surface area contributed by atoms with Crippen LogP contribution in [-0.4, -0.2) is 19.5 Å². The fourth-order valence-electron chi connectivity index (χ4n) is 5.56. The first-order chi connectivity index (χ1) is 21.5. The van der Waals surface area contributed by atoms with E-state index in [1.165, 1.54) is 5.56 Å². The van der Waals surface area contributed by atoms with Gasteiger partial charge >= 0.3 is 21.1 Å². The predicted molar refractivity (Wildman–Crippen MR) is 186 cm³/mol. The maximum Gasteiger partial charge on any atom is 2.00 e. The van der Waals surface area contributed by atoms with E-state index in [9.17, 15) is 0 Å². The molecule has 0 radical (unpaired) electrons. The molecule has 0 amide bonds. The number of pyridine rings is 2. The molecule has 0 saturated heterocycles. The molecule has 6 rings (SSSR count). The maximum absolute atomic E-state index is 5.25. The summed E-state index contributed by atoms with van der Waals surface area (Å²) < 4.78 is 2.19. The van der Waals surface area contributed by atoms with E-state index in [0.29, 0.717) is 5.82 Å². The van der Waals surface area contributed by atoms with Crippen molar-refractivity contribution >= 4 is 11.5 Å². The molecule has 0 aliphatic rings. The van der Waals surface area contributed by atoms with Crippen LogP contribution in [0.15, 0.2) is 109 Å². The Morgan fingerprint density at radius 3 is 2.09 bits per heavy atom. The first-order valence-electron chi connectivity index (χ1n) is 15.4. The minimum atomic E-state index is -0.0478. The molecular formula is C40H39N5Pt. The number of hydrogen-bond donors (Lipinski definition) is 0. The summed E-state index contributed by atoms with van der Waals surface area (Å²) in [6.07, 6.45) is 3.88. The van der Waals surface area contributed by atoms with Gasteiger partial charge in [0.25, 0.3) is 0 Å². The Balaban J connectivity index is 0.00000417. The molecule has 0 spiro atoms. The standard InChI is InChI=1S/C40H39N5.Pt/c1-39(2,3)30-21-22-35(32(24-30)38-42-26-36(45(38)7)40(4,5)6)44-37-31(23-29(25-41-37)27-15-10-8-11-16-27)34-20-14-19-33(43-34)28-17-12-9-13-18-28;/h8-17,19-26H,1-7H3;/q-2;+2. The normalized spacial score (nSPS) is 11.6. The summed E-state index contributed by atoms with van der Waals surface area (Å²) >= 11 is 0. The summed E-state index contributed by atoms with van der Waals surface area (Å²) in [7, 11) is 2.09. The molecular weight excluding hydrogens is 746 g/mol. The minimum absolute atomic E-state index is 0. The van der Waals surface area contributed by atoms with Crippen molar-refractivity contribution in [1.82, 2.24) is 19.5 Å². The second-order valence-electron chi connectivity index (χ2n) is 13.5. The average Bonchev–Trinajstić information content (AvgIpc) is 3.43. The number of aromatic nitrogens is 4. The van der Waals surface area contributed by atoms with Crippen molar-refractivity contribution in [1.29, 1.82) is 0 Å². The SMILES string of the molecule is Cn1c(C(C)(C)C)cnc1-c1cc(C(C)(C)C)ccc1[N-]c1ncc(-c2ccccc2)cc1-c1cccc(-c2[c-]cccc2)n1.[Pt+2]. The molecule has 0 N–H and O–H groups in total. The number of rotatable bonds is 6. The molecule has 3 aromatic heterocycles. The van der Waals surface area contributed by atoms with Crippen LogP contribution >= 0.6 is 0 Å². The van der Waals surface area contributed by atoms with Crippen LogP contribution in [0.5, 0.6) is 0 Å². The zero-order valence-corrected chi connectivity index (χ0v) is 29.7. The first-order valence-corrected chi connectivity index (χ1v) is 15.4. The van der Waals surface area contributed by atoms with E-state index >= 15 is 0 Å². The van der Waals surface area contributed by atoms with E-state index in [1.54, 1.807) is 0 Å². The van der Waals surface area contributed by atoms with Gasteiger partial charge in [-0.15, -0.1) is 35.9 Å². The van der Waals surface area contributed by atoms with Gasteiger partial charge in [0, 0.05) is 29.9 Å². The second kappa shape index (κ2) is 13.2. The van der Waals surface area contributed by atoms with E-state index < -0.39 is 0 Å². The number of hydrogen-bond acceptors (Lipinski definition) is 3. The summed E-state index contributed by atoms with van der Waals surface area (Å²) in [4.78, 5) is 15.0. The number of nitrogens with zero attached hydrogens (tertiary/aromatic N) is 5. The van der Waals surface area contributed by atoms with Gasteiger partial charge in [-0.3, -0.25) is 4.98 Å². The van der Waals surface area contributed by atoms with Crippen molar-refractivity contribution < 1.29 is 21.1 Å². The molecule has 0 aliphatic carbocycles. The van der Waals surface area contributed by atoms with Crippen LogP contribution in [0.1, 0.15) is 52.8 Å². The van der Waals surface area contributed by atoms with Crippen LogP contribution in [0.3, 0.4) is 0 Å². The molecule has 5 nitrogen and oxygen atoms in total. The summed E-state index contributed by atoms with van der Waals surface area (Å²) in [5, 5.41) is 5.25. The molecule has 0 unspecified atom stereocenters. The van der Waals surface area contributed by atoms with Crippen molar-refractivity contribution in [3.63, 3.8) is 0 Å². The van der Waals surface area contributed by atoms with Gasteiger partial charge in [0.1, 0.15) is 5.82 Å². The molecule has 3 aromatic carbocycles. The van der Waals surface area contributed by atoms with Crippen LogP contribution in [0.25, 0.3) is 50.3 Å². The Bertz CT molecular complexity index is 1950. The quantitative estimate of drug-likeness (QED) is 0.158. The topological polar surface area (TPSA) is 57.7 Å². The van der Waals surface area contributed by atoms with Crippen LogP contribution in [0.2, 0.25) is 0 Å². The molecule has 0 bridgehead atoms. The van der Waals surface area contributed by atoms with Gasteiger partial charge in [-0.05, 0) is 63.1 Å². The van der Waals surface area contributed by atoms with Crippen molar-refractivity contribution in [2.75, 3.05) is 0 Å². The molecule has 0 fully saturated rings. The summed E-state index contributed by atoms with van der Waals surface area (Å²) in [6, 6.07) is 36.2.